The van der Waals surface area contributed by atoms with Crippen molar-refractivity contribution in [2.75, 3.05) is 13.1 Å². The van der Waals surface area contributed by atoms with E-state index >= 15 is 0 Å². The highest BCUT2D eigenvalue weighted by Gasteiger charge is 2.28. The van der Waals surface area contributed by atoms with Crippen LogP contribution in [0.15, 0.2) is 29.2 Å². The molecule has 2 aliphatic rings. The van der Waals surface area contributed by atoms with Crippen molar-refractivity contribution in [2.24, 2.45) is 7.05 Å². The van der Waals surface area contributed by atoms with Crippen LogP contribution in [0.25, 0.3) is 0 Å². The molecule has 0 bridgehead atoms. The number of hydrogen-bond donors (Lipinski definition) is 0. The van der Waals surface area contributed by atoms with E-state index in [-0.39, 0.29) is 5.56 Å². The van der Waals surface area contributed by atoms with Crippen LogP contribution in [0.1, 0.15) is 43.0 Å². The molecule has 2 aromatic heterocycles. The second-order valence-corrected chi connectivity index (χ2v) is 7.08. The summed E-state index contributed by atoms with van der Waals surface area (Å²) in [7, 11) is 1.99. The minimum absolute atomic E-state index is 0.0258. The summed E-state index contributed by atoms with van der Waals surface area (Å²) in [5.41, 5.74) is 2.37. The quantitative estimate of drug-likeness (QED) is 0.808. The number of rotatable bonds is 6. The van der Waals surface area contributed by atoms with E-state index in [0.29, 0.717) is 18.5 Å². The smallest absolute Gasteiger partial charge is 0.266 e. The van der Waals surface area contributed by atoms with Crippen molar-refractivity contribution >= 4 is 0 Å². The average Bonchev–Trinajstić information content (AvgIpc) is 3.21. The lowest BCUT2D eigenvalue weighted by Gasteiger charge is -2.24. The zero-order valence-electron chi connectivity index (χ0n) is 14.3. The summed E-state index contributed by atoms with van der Waals surface area (Å²) in [6.07, 6.45) is 7.62. The average molecular weight is 327 g/mol. The number of aryl methyl sites for hydroxylation is 1. The van der Waals surface area contributed by atoms with E-state index in [0.717, 1.165) is 31.6 Å². The topological polar surface area (TPSA) is 56.0 Å². The second kappa shape index (κ2) is 6.51. The number of aromatic nitrogens is 4. The van der Waals surface area contributed by atoms with Crippen molar-refractivity contribution in [1.29, 1.82) is 0 Å². The summed E-state index contributed by atoms with van der Waals surface area (Å²) in [4.78, 5) is 14.7. The van der Waals surface area contributed by atoms with Crippen LogP contribution >= 0.6 is 0 Å². The number of likely N-dealkylation sites (tertiary alicyclic amines) is 1. The van der Waals surface area contributed by atoms with Crippen molar-refractivity contribution in [3.63, 3.8) is 0 Å². The Hall–Kier alpha value is -1.95. The highest BCUT2D eigenvalue weighted by molar-refractivity contribution is 5.12. The summed E-state index contributed by atoms with van der Waals surface area (Å²) >= 11 is 0. The van der Waals surface area contributed by atoms with Crippen LogP contribution in [0.5, 0.6) is 0 Å². The van der Waals surface area contributed by atoms with Crippen molar-refractivity contribution in [3.8, 4) is 0 Å². The van der Waals surface area contributed by atoms with Crippen LogP contribution in [0.2, 0.25) is 0 Å². The first-order chi connectivity index (χ1) is 11.7. The fraction of sp³-hybridized carbons (Fsp3) is 0.611. The predicted molar refractivity (Wildman–Crippen MR) is 92.0 cm³/mol. The van der Waals surface area contributed by atoms with Gasteiger partial charge in [0.15, 0.2) is 0 Å². The Morgan fingerprint density at radius 3 is 2.83 bits per heavy atom. The lowest BCUT2D eigenvalue weighted by Crippen LogP contribution is -2.38. The van der Waals surface area contributed by atoms with E-state index in [1.165, 1.54) is 25.0 Å². The molecule has 0 amide bonds. The third-order valence-electron chi connectivity index (χ3n) is 5.34. The molecule has 6 heteroatoms. The third-order valence-corrected chi connectivity index (χ3v) is 5.34. The molecule has 3 heterocycles. The van der Waals surface area contributed by atoms with E-state index in [1.54, 1.807) is 10.7 Å². The molecule has 1 aliphatic heterocycles. The molecule has 1 atom stereocenters. The normalized spacial score (nSPS) is 21.5. The molecular weight excluding hydrogens is 302 g/mol. The van der Waals surface area contributed by atoms with Gasteiger partial charge in [-0.2, -0.15) is 10.2 Å². The van der Waals surface area contributed by atoms with Gasteiger partial charge in [-0.05, 0) is 44.4 Å². The van der Waals surface area contributed by atoms with Gasteiger partial charge in [0.25, 0.3) is 5.56 Å². The van der Waals surface area contributed by atoms with Gasteiger partial charge >= 0.3 is 0 Å². The van der Waals surface area contributed by atoms with Gasteiger partial charge in [0.1, 0.15) is 0 Å². The summed E-state index contributed by atoms with van der Waals surface area (Å²) in [5, 5.41) is 8.85. The summed E-state index contributed by atoms with van der Waals surface area (Å²) in [6, 6.07) is 6.09. The van der Waals surface area contributed by atoms with Crippen molar-refractivity contribution in [1.82, 2.24) is 24.5 Å². The molecule has 6 nitrogen and oxygen atoms in total. The molecule has 1 aliphatic carbocycles. The lowest BCUT2D eigenvalue weighted by molar-refractivity contribution is 0.225. The predicted octanol–water partition coefficient (Wildman–Crippen LogP) is 1.56. The fourth-order valence-electron chi connectivity index (χ4n) is 3.69. The van der Waals surface area contributed by atoms with Gasteiger partial charge in [-0.25, -0.2) is 4.68 Å². The molecule has 0 radical (unpaired) electrons. The van der Waals surface area contributed by atoms with E-state index in [2.05, 4.69) is 21.2 Å². The largest absolute Gasteiger partial charge is 0.298 e. The molecular formula is C18H25N5O. The standard InChI is InChI=1S/C18H25N5O/c1-21-15(8-10-19-21)9-12-22-11-2-3-16(22)13-23-18(24)7-6-17(20-23)14-4-5-14/h6-8,10,14,16H,2-5,9,11-13H2,1H3. The Bertz CT molecular complexity index is 761. The van der Waals surface area contributed by atoms with E-state index in [4.69, 9.17) is 0 Å². The number of nitrogens with zero attached hydrogens (tertiary/aromatic N) is 5. The Morgan fingerprint density at radius 1 is 1.21 bits per heavy atom. The Balaban J connectivity index is 1.42. The minimum Gasteiger partial charge on any atom is -0.298 e. The number of hydrogen-bond acceptors (Lipinski definition) is 4. The van der Waals surface area contributed by atoms with Crippen LogP contribution in [0.4, 0.5) is 0 Å². The maximum absolute atomic E-state index is 12.2. The van der Waals surface area contributed by atoms with Crippen LogP contribution in [-0.2, 0) is 20.0 Å². The lowest BCUT2D eigenvalue weighted by atomic mass is 10.2. The summed E-state index contributed by atoms with van der Waals surface area (Å²) in [5.74, 6) is 0.585. The van der Waals surface area contributed by atoms with Crippen LogP contribution in [-0.4, -0.2) is 43.6 Å². The molecule has 0 aromatic carbocycles. The molecule has 4 rings (SSSR count). The fourth-order valence-corrected chi connectivity index (χ4v) is 3.69. The molecule has 2 aromatic rings. The van der Waals surface area contributed by atoms with Crippen molar-refractivity contribution < 1.29 is 0 Å². The maximum Gasteiger partial charge on any atom is 0.266 e. The highest BCUT2D eigenvalue weighted by atomic mass is 16.1. The van der Waals surface area contributed by atoms with Gasteiger partial charge < -0.3 is 0 Å². The van der Waals surface area contributed by atoms with Crippen LogP contribution in [0, 0.1) is 0 Å². The summed E-state index contributed by atoms with van der Waals surface area (Å²) < 4.78 is 3.64. The molecule has 1 saturated heterocycles. The van der Waals surface area contributed by atoms with Gasteiger partial charge in [-0.15, -0.1) is 0 Å². The first-order valence-corrected chi connectivity index (χ1v) is 9.00. The van der Waals surface area contributed by atoms with Crippen LogP contribution < -0.4 is 5.56 Å². The summed E-state index contributed by atoms with van der Waals surface area (Å²) in [6.45, 7) is 2.84. The third kappa shape index (κ3) is 3.29. The molecule has 128 valence electrons. The SMILES string of the molecule is Cn1nccc1CCN1CCCC1Cn1nc(C2CC2)ccc1=O. The van der Waals surface area contributed by atoms with Gasteiger partial charge in [-0.3, -0.25) is 14.4 Å². The molecule has 1 saturated carbocycles. The Labute approximate surface area is 142 Å². The van der Waals surface area contributed by atoms with Gasteiger partial charge in [0.05, 0.1) is 12.2 Å². The van der Waals surface area contributed by atoms with Gasteiger partial charge in [0, 0.05) is 49.9 Å². The first kappa shape index (κ1) is 15.6. The molecule has 1 unspecified atom stereocenters. The molecule has 0 N–H and O–H groups in total. The van der Waals surface area contributed by atoms with E-state index in [1.807, 2.05) is 24.0 Å². The first-order valence-electron chi connectivity index (χ1n) is 9.00. The monoisotopic (exact) mass is 327 g/mol. The van der Waals surface area contributed by atoms with E-state index < -0.39 is 0 Å². The Kier molecular flexibility index (Phi) is 4.22. The van der Waals surface area contributed by atoms with Crippen molar-refractivity contribution in [3.05, 3.63) is 46.1 Å². The maximum atomic E-state index is 12.2. The molecule has 0 spiro atoms. The van der Waals surface area contributed by atoms with Crippen molar-refractivity contribution in [2.45, 2.75) is 50.6 Å². The zero-order valence-corrected chi connectivity index (χ0v) is 14.3. The molecule has 24 heavy (non-hydrogen) atoms. The van der Waals surface area contributed by atoms with Gasteiger partial charge in [-0.1, -0.05) is 0 Å². The zero-order chi connectivity index (χ0) is 16.5. The Morgan fingerprint density at radius 2 is 2.08 bits per heavy atom. The second-order valence-electron chi connectivity index (χ2n) is 7.08. The van der Waals surface area contributed by atoms with E-state index in [9.17, 15) is 4.79 Å². The van der Waals surface area contributed by atoms with Gasteiger partial charge in [0.2, 0.25) is 0 Å². The highest BCUT2D eigenvalue weighted by Crippen LogP contribution is 2.38. The molecule has 2 fully saturated rings. The minimum atomic E-state index is 0.0258. The van der Waals surface area contributed by atoms with Crippen LogP contribution in [0.3, 0.4) is 0 Å².